The number of hydrogen-bond acceptors (Lipinski definition) is 1. The molecule has 1 nitrogen and oxygen atoms in total. The molecule has 0 amide bonds. The van der Waals surface area contributed by atoms with Gasteiger partial charge >= 0.3 is 0 Å². The highest BCUT2D eigenvalue weighted by atomic mass is 35.5. The van der Waals surface area contributed by atoms with E-state index in [1.165, 1.54) is 5.56 Å². The lowest BCUT2D eigenvalue weighted by Gasteiger charge is -2.10. The normalized spacial score (nSPS) is 12.1. The van der Waals surface area contributed by atoms with Crippen LogP contribution in [0, 0.1) is 0 Å². The molecule has 2 rings (SSSR count). The third-order valence-corrected chi connectivity index (χ3v) is 3.14. The van der Waals surface area contributed by atoms with E-state index < -0.39 is 0 Å². The molecule has 0 aliphatic heterocycles. The van der Waals surface area contributed by atoms with Crippen molar-refractivity contribution in [1.82, 2.24) is 0 Å². The van der Waals surface area contributed by atoms with Gasteiger partial charge in [-0.05, 0) is 29.7 Å². The molecule has 88 valence electrons. The number of benzene rings is 2. The Bertz CT molecular complexity index is 450. The molecule has 0 heterocycles. The summed E-state index contributed by atoms with van der Waals surface area (Å²) in [5.74, 6) is 0.859. The summed E-state index contributed by atoms with van der Waals surface area (Å²) in [7, 11) is 1.66. The molecule has 1 atom stereocenters. The van der Waals surface area contributed by atoms with Crippen LogP contribution in [0.15, 0.2) is 54.6 Å². The Labute approximate surface area is 107 Å². The fourth-order valence-corrected chi connectivity index (χ4v) is 2.08. The Kier molecular flexibility index (Phi) is 4.05. The lowest BCUT2D eigenvalue weighted by molar-refractivity contribution is 0.414. The van der Waals surface area contributed by atoms with Crippen molar-refractivity contribution in [3.05, 3.63) is 65.7 Å². The molecule has 0 saturated carbocycles. The van der Waals surface area contributed by atoms with E-state index in [2.05, 4.69) is 12.1 Å². The molecule has 1 unspecified atom stereocenters. The first-order chi connectivity index (χ1) is 8.29. The van der Waals surface area contributed by atoms with Gasteiger partial charge in [0.25, 0.3) is 0 Å². The summed E-state index contributed by atoms with van der Waals surface area (Å²) in [6, 6.07) is 18.2. The summed E-state index contributed by atoms with van der Waals surface area (Å²) in [6.45, 7) is 0. The maximum Gasteiger partial charge on any atom is 0.118 e. The van der Waals surface area contributed by atoms with E-state index in [1.807, 2.05) is 42.5 Å². The minimum Gasteiger partial charge on any atom is -0.497 e. The molecule has 2 aromatic rings. The zero-order chi connectivity index (χ0) is 12.1. The zero-order valence-electron chi connectivity index (χ0n) is 9.77. The molecule has 17 heavy (non-hydrogen) atoms. The molecule has 0 aromatic heterocycles. The lowest BCUT2D eigenvalue weighted by atomic mass is 10.0. The largest absolute Gasteiger partial charge is 0.497 e. The van der Waals surface area contributed by atoms with Gasteiger partial charge in [0.2, 0.25) is 0 Å². The van der Waals surface area contributed by atoms with Gasteiger partial charge in [-0.15, -0.1) is 11.6 Å². The molecule has 0 aliphatic rings. The number of ether oxygens (including phenoxy) is 1. The first-order valence-electron chi connectivity index (χ1n) is 5.61. The average Bonchev–Trinajstić information content (AvgIpc) is 2.40. The van der Waals surface area contributed by atoms with Crippen LogP contribution >= 0.6 is 11.6 Å². The number of hydrogen-bond donors (Lipinski definition) is 0. The molecular formula is C15H15ClO. The van der Waals surface area contributed by atoms with Crippen LogP contribution < -0.4 is 4.74 Å². The fraction of sp³-hybridized carbons (Fsp3) is 0.200. The Morgan fingerprint density at radius 3 is 2.24 bits per heavy atom. The van der Waals surface area contributed by atoms with E-state index in [9.17, 15) is 0 Å². The van der Waals surface area contributed by atoms with Crippen molar-refractivity contribution in [3.63, 3.8) is 0 Å². The van der Waals surface area contributed by atoms with E-state index in [1.54, 1.807) is 7.11 Å². The highest BCUT2D eigenvalue weighted by molar-refractivity contribution is 6.20. The number of alkyl halides is 1. The van der Waals surface area contributed by atoms with E-state index in [0.29, 0.717) is 0 Å². The molecule has 0 saturated heterocycles. The van der Waals surface area contributed by atoms with Gasteiger partial charge in [0.1, 0.15) is 5.75 Å². The highest BCUT2D eigenvalue weighted by Crippen LogP contribution is 2.26. The maximum atomic E-state index is 6.40. The van der Waals surface area contributed by atoms with Gasteiger partial charge in [0.15, 0.2) is 0 Å². The Hall–Kier alpha value is -1.47. The van der Waals surface area contributed by atoms with Crippen molar-refractivity contribution in [2.75, 3.05) is 7.11 Å². The smallest absolute Gasteiger partial charge is 0.118 e. The van der Waals surface area contributed by atoms with Crippen molar-refractivity contribution in [2.45, 2.75) is 11.8 Å². The van der Waals surface area contributed by atoms with Crippen molar-refractivity contribution < 1.29 is 4.74 Å². The Balaban J connectivity index is 2.06. The minimum absolute atomic E-state index is 0.00306. The van der Waals surface area contributed by atoms with E-state index >= 15 is 0 Å². The number of methoxy groups -OCH3 is 1. The molecule has 0 fully saturated rings. The second kappa shape index (κ2) is 5.74. The van der Waals surface area contributed by atoms with Crippen molar-refractivity contribution in [1.29, 1.82) is 0 Å². The minimum atomic E-state index is 0.00306. The van der Waals surface area contributed by atoms with E-state index in [4.69, 9.17) is 16.3 Å². The summed E-state index contributed by atoms with van der Waals surface area (Å²) >= 11 is 6.40. The molecule has 0 N–H and O–H groups in total. The second-order valence-electron chi connectivity index (χ2n) is 3.93. The molecular weight excluding hydrogens is 232 g/mol. The van der Waals surface area contributed by atoms with Gasteiger partial charge < -0.3 is 4.74 Å². The molecule has 2 heteroatoms. The lowest BCUT2D eigenvalue weighted by Crippen LogP contribution is -1.95. The number of halogens is 1. The van der Waals surface area contributed by atoms with Crippen LogP contribution in [0.5, 0.6) is 5.75 Å². The summed E-state index contributed by atoms with van der Waals surface area (Å²) in [4.78, 5) is 0. The Morgan fingerprint density at radius 2 is 1.65 bits per heavy atom. The molecule has 0 radical (unpaired) electrons. The first-order valence-corrected chi connectivity index (χ1v) is 6.05. The second-order valence-corrected chi connectivity index (χ2v) is 4.46. The van der Waals surface area contributed by atoms with Crippen LogP contribution in [0.2, 0.25) is 0 Å². The standard InChI is InChI=1S/C15H15ClO/c1-17-14-9-7-13(8-10-14)15(16)11-12-5-3-2-4-6-12/h2-10,15H,11H2,1H3. The monoisotopic (exact) mass is 246 g/mol. The van der Waals surface area contributed by atoms with Gasteiger partial charge in [-0.25, -0.2) is 0 Å². The van der Waals surface area contributed by atoms with Crippen LogP contribution in [0.1, 0.15) is 16.5 Å². The third kappa shape index (κ3) is 3.24. The van der Waals surface area contributed by atoms with E-state index in [0.717, 1.165) is 17.7 Å². The van der Waals surface area contributed by atoms with Gasteiger partial charge in [-0.2, -0.15) is 0 Å². The van der Waals surface area contributed by atoms with Crippen molar-refractivity contribution in [2.24, 2.45) is 0 Å². The first kappa shape index (κ1) is 12.0. The third-order valence-electron chi connectivity index (χ3n) is 2.74. The summed E-state index contributed by atoms with van der Waals surface area (Å²) in [5, 5.41) is 0.00306. The average molecular weight is 247 g/mol. The molecule has 0 aliphatic carbocycles. The summed E-state index contributed by atoms with van der Waals surface area (Å²) in [5.41, 5.74) is 2.37. The highest BCUT2D eigenvalue weighted by Gasteiger charge is 2.08. The summed E-state index contributed by atoms with van der Waals surface area (Å²) < 4.78 is 5.12. The van der Waals surface area contributed by atoms with Gasteiger partial charge in [0, 0.05) is 0 Å². The topological polar surface area (TPSA) is 9.23 Å². The van der Waals surface area contributed by atoms with E-state index in [-0.39, 0.29) is 5.38 Å². The van der Waals surface area contributed by atoms with Crippen molar-refractivity contribution in [3.8, 4) is 5.75 Å². The van der Waals surface area contributed by atoms with Crippen LogP contribution in [0.3, 0.4) is 0 Å². The fourth-order valence-electron chi connectivity index (χ4n) is 1.75. The Morgan fingerprint density at radius 1 is 1.00 bits per heavy atom. The quantitative estimate of drug-likeness (QED) is 0.734. The van der Waals surface area contributed by atoms with Crippen LogP contribution in [-0.2, 0) is 6.42 Å². The molecule has 0 bridgehead atoms. The van der Waals surface area contributed by atoms with Gasteiger partial charge in [-0.1, -0.05) is 42.5 Å². The predicted octanol–water partition coefficient (Wildman–Crippen LogP) is 4.22. The summed E-state index contributed by atoms with van der Waals surface area (Å²) in [6.07, 6.45) is 0.842. The van der Waals surface area contributed by atoms with Gasteiger partial charge in [0.05, 0.1) is 12.5 Å². The van der Waals surface area contributed by atoms with Crippen LogP contribution in [0.25, 0.3) is 0 Å². The SMILES string of the molecule is COc1ccc(C(Cl)Cc2ccccc2)cc1. The zero-order valence-corrected chi connectivity index (χ0v) is 10.5. The molecule has 0 spiro atoms. The van der Waals surface area contributed by atoms with Gasteiger partial charge in [-0.3, -0.25) is 0 Å². The van der Waals surface area contributed by atoms with Crippen molar-refractivity contribution >= 4 is 11.6 Å². The van der Waals surface area contributed by atoms with Crippen LogP contribution in [-0.4, -0.2) is 7.11 Å². The molecule has 2 aromatic carbocycles. The predicted molar refractivity (Wildman–Crippen MR) is 71.7 cm³/mol. The maximum absolute atomic E-state index is 6.40. The van der Waals surface area contributed by atoms with Crippen LogP contribution in [0.4, 0.5) is 0 Å². The number of rotatable bonds is 4.